The van der Waals surface area contributed by atoms with Gasteiger partial charge >= 0.3 is 0 Å². The summed E-state index contributed by atoms with van der Waals surface area (Å²) in [7, 11) is 0. The molecule has 3 rings (SSSR count). The topological polar surface area (TPSA) is 56.3 Å². The molecule has 1 fully saturated rings. The van der Waals surface area contributed by atoms with E-state index >= 15 is 0 Å². The fraction of sp³-hybridized carbons (Fsp3) is 0.357. The van der Waals surface area contributed by atoms with Gasteiger partial charge in [-0.3, -0.25) is 4.79 Å². The number of carbonyl (C=O) groups excluding carboxylic acids is 1. The molecule has 1 atom stereocenters. The molecule has 94 valence electrons. The van der Waals surface area contributed by atoms with Crippen LogP contribution in [0.2, 0.25) is 0 Å². The van der Waals surface area contributed by atoms with E-state index in [1.165, 1.54) is 0 Å². The van der Waals surface area contributed by atoms with Crippen LogP contribution in [0.3, 0.4) is 0 Å². The van der Waals surface area contributed by atoms with Crippen LogP contribution in [0.4, 0.5) is 0 Å². The van der Waals surface area contributed by atoms with E-state index in [2.05, 4.69) is 4.98 Å². The summed E-state index contributed by atoms with van der Waals surface area (Å²) < 4.78 is 0. The molecule has 1 aromatic carbocycles. The Morgan fingerprint density at radius 2 is 2.22 bits per heavy atom. The van der Waals surface area contributed by atoms with Gasteiger partial charge in [0.15, 0.2) is 0 Å². The third kappa shape index (κ3) is 1.99. The van der Waals surface area contributed by atoms with Crippen molar-refractivity contribution < 1.29 is 9.90 Å². The highest BCUT2D eigenvalue weighted by molar-refractivity contribution is 5.98. The van der Waals surface area contributed by atoms with Gasteiger partial charge < -0.3 is 15.0 Å². The number of aliphatic hydroxyl groups is 1. The fourth-order valence-corrected chi connectivity index (χ4v) is 2.50. The van der Waals surface area contributed by atoms with E-state index in [1.54, 1.807) is 4.90 Å². The lowest BCUT2D eigenvalue weighted by Crippen LogP contribution is -2.42. The third-order valence-electron chi connectivity index (χ3n) is 3.44. The van der Waals surface area contributed by atoms with Crippen molar-refractivity contribution in [2.24, 2.45) is 0 Å². The molecule has 2 N–H and O–H groups in total. The monoisotopic (exact) mass is 244 g/mol. The van der Waals surface area contributed by atoms with E-state index in [0.29, 0.717) is 12.2 Å². The molecule has 0 radical (unpaired) electrons. The Kier molecular flexibility index (Phi) is 2.80. The van der Waals surface area contributed by atoms with Crippen molar-refractivity contribution in [1.82, 2.24) is 9.88 Å². The Morgan fingerprint density at radius 3 is 3.00 bits per heavy atom. The molecule has 4 nitrogen and oxygen atoms in total. The normalized spacial score (nSPS) is 20.3. The van der Waals surface area contributed by atoms with Gasteiger partial charge in [-0.05, 0) is 25.0 Å². The summed E-state index contributed by atoms with van der Waals surface area (Å²) in [6.07, 6.45) is 1.27. The molecule has 18 heavy (non-hydrogen) atoms. The summed E-state index contributed by atoms with van der Waals surface area (Å²) in [4.78, 5) is 17.2. The van der Waals surface area contributed by atoms with E-state index in [0.717, 1.165) is 30.3 Å². The molecule has 0 aliphatic carbocycles. The lowest BCUT2D eigenvalue weighted by molar-refractivity contribution is 0.0470. The summed E-state index contributed by atoms with van der Waals surface area (Å²) in [6, 6.07) is 9.70. The predicted molar refractivity (Wildman–Crippen MR) is 69.4 cm³/mol. The van der Waals surface area contributed by atoms with Crippen LogP contribution in [-0.2, 0) is 0 Å². The van der Waals surface area contributed by atoms with Gasteiger partial charge in [-0.2, -0.15) is 0 Å². The molecule has 1 amide bonds. The Balaban J connectivity index is 1.87. The number of hydrogen-bond acceptors (Lipinski definition) is 2. The Labute approximate surface area is 105 Å². The number of piperidine rings is 1. The quantitative estimate of drug-likeness (QED) is 0.803. The molecule has 2 aromatic rings. The van der Waals surface area contributed by atoms with Gasteiger partial charge in [-0.15, -0.1) is 0 Å². The van der Waals surface area contributed by atoms with Crippen molar-refractivity contribution in [3.05, 3.63) is 36.0 Å². The number of β-amino-alcohol motifs (C(OH)–C–C–N with tert-alkyl or cyclic N) is 1. The number of rotatable bonds is 1. The molecule has 1 aliphatic rings. The molecular formula is C14H16N2O2. The van der Waals surface area contributed by atoms with Crippen LogP contribution in [0, 0.1) is 0 Å². The summed E-state index contributed by atoms with van der Waals surface area (Å²) in [6.45, 7) is 1.17. The number of hydrogen-bond donors (Lipinski definition) is 2. The lowest BCUT2D eigenvalue weighted by Gasteiger charge is -2.29. The minimum Gasteiger partial charge on any atom is -0.391 e. The van der Waals surface area contributed by atoms with E-state index < -0.39 is 0 Å². The standard InChI is InChI=1S/C14H16N2O2/c17-11-5-3-7-16(9-11)14(18)13-8-10-4-1-2-6-12(10)15-13/h1-2,4,6,8,11,15,17H,3,5,7,9H2. The van der Waals surface area contributed by atoms with E-state index in [-0.39, 0.29) is 12.0 Å². The van der Waals surface area contributed by atoms with Gasteiger partial charge in [0.05, 0.1) is 6.10 Å². The van der Waals surface area contributed by atoms with Gasteiger partial charge in [-0.25, -0.2) is 0 Å². The summed E-state index contributed by atoms with van der Waals surface area (Å²) in [5.41, 5.74) is 1.57. The van der Waals surface area contributed by atoms with Crippen molar-refractivity contribution in [1.29, 1.82) is 0 Å². The van der Waals surface area contributed by atoms with Crippen LogP contribution >= 0.6 is 0 Å². The number of likely N-dealkylation sites (tertiary alicyclic amines) is 1. The zero-order valence-corrected chi connectivity index (χ0v) is 10.1. The first-order valence-corrected chi connectivity index (χ1v) is 6.29. The first-order valence-electron chi connectivity index (χ1n) is 6.29. The first kappa shape index (κ1) is 11.3. The van der Waals surface area contributed by atoms with Gasteiger partial charge in [0.2, 0.25) is 0 Å². The van der Waals surface area contributed by atoms with Gasteiger partial charge in [0.25, 0.3) is 5.91 Å². The Bertz CT molecular complexity index is 543. The smallest absolute Gasteiger partial charge is 0.270 e. The molecule has 1 aliphatic heterocycles. The number of fused-ring (bicyclic) bond motifs is 1. The number of para-hydroxylation sites is 1. The average Bonchev–Trinajstić information content (AvgIpc) is 2.81. The van der Waals surface area contributed by atoms with Crippen molar-refractivity contribution in [3.8, 4) is 0 Å². The van der Waals surface area contributed by atoms with E-state index in [9.17, 15) is 9.90 Å². The largest absolute Gasteiger partial charge is 0.391 e. The van der Waals surface area contributed by atoms with Crippen LogP contribution in [-0.4, -0.2) is 40.1 Å². The molecule has 2 heterocycles. The highest BCUT2D eigenvalue weighted by Gasteiger charge is 2.23. The number of nitrogens with zero attached hydrogens (tertiary/aromatic N) is 1. The maximum absolute atomic E-state index is 12.3. The van der Waals surface area contributed by atoms with E-state index in [1.807, 2.05) is 30.3 Å². The molecule has 1 unspecified atom stereocenters. The molecule has 0 bridgehead atoms. The number of aromatic amines is 1. The van der Waals surface area contributed by atoms with Crippen LogP contribution in [0.1, 0.15) is 23.3 Å². The minimum atomic E-state index is -0.382. The van der Waals surface area contributed by atoms with Crippen molar-refractivity contribution in [2.45, 2.75) is 18.9 Å². The van der Waals surface area contributed by atoms with Crippen LogP contribution < -0.4 is 0 Å². The second-order valence-electron chi connectivity index (χ2n) is 4.82. The Hall–Kier alpha value is -1.81. The molecule has 1 aromatic heterocycles. The molecule has 4 heteroatoms. The Morgan fingerprint density at radius 1 is 1.39 bits per heavy atom. The van der Waals surface area contributed by atoms with Crippen LogP contribution in [0.15, 0.2) is 30.3 Å². The van der Waals surface area contributed by atoms with Gasteiger partial charge in [0, 0.05) is 24.0 Å². The van der Waals surface area contributed by atoms with Crippen LogP contribution in [0.5, 0.6) is 0 Å². The number of aliphatic hydroxyl groups excluding tert-OH is 1. The molecule has 0 spiro atoms. The molecule has 0 saturated carbocycles. The summed E-state index contributed by atoms with van der Waals surface area (Å²) in [5, 5.41) is 10.7. The van der Waals surface area contributed by atoms with Gasteiger partial charge in [0.1, 0.15) is 5.69 Å². The zero-order chi connectivity index (χ0) is 12.5. The maximum atomic E-state index is 12.3. The average molecular weight is 244 g/mol. The summed E-state index contributed by atoms with van der Waals surface area (Å²) >= 11 is 0. The highest BCUT2D eigenvalue weighted by atomic mass is 16.3. The second-order valence-corrected chi connectivity index (χ2v) is 4.82. The molecular weight excluding hydrogens is 228 g/mol. The van der Waals surface area contributed by atoms with Crippen molar-refractivity contribution in [3.63, 3.8) is 0 Å². The number of aromatic nitrogens is 1. The maximum Gasteiger partial charge on any atom is 0.270 e. The number of carbonyl (C=O) groups is 1. The molecule has 1 saturated heterocycles. The highest BCUT2D eigenvalue weighted by Crippen LogP contribution is 2.18. The first-order chi connectivity index (χ1) is 8.74. The van der Waals surface area contributed by atoms with Gasteiger partial charge in [-0.1, -0.05) is 18.2 Å². The van der Waals surface area contributed by atoms with E-state index in [4.69, 9.17) is 0 Å². The number of amides is 1. The fourth-order valence-electron chi connectivity index (χ4n) is 2.50. The number of H-pyrrole nitrogens is 1. The van der Waals surface area contributed by atoms with Crippen LogP contribution in [0.25, 0.3) is 10.9 Å². The number of nitrogens with one attached hydrogen (secondary N) is 1. The minimum absolute atomic E-state index is 0.0232. The number of benzene rings is 1. The second kappa shape index (κ2) is 4.46. The van der Waals surface area contributed by atoms with Crippen molar-refractivity contribution in [2.75, 3.05) is 13.1 Å². The predicted octanol–water partition coefficient (Wildman–Crippen LogP) is 1.76. The lowest BCUT2D eigenvalue weighted by atomic mass is 10.1. The third-order valence-corrected chi connectivity index (χ3v) is 3.44. The SMILES string of the molecule is O=C(c1cc2ccccc2[nH]1)N1CCCC(O)C1. The zero-order valence-electron chi connectivity index (χ0n) is 10.1. The summed E-state index contributed by atoms with van der Waals surface area (Å²) in [5.74, 6) is -0.0232. The van der Waals surface area contributed by atoms with Crippen molar-refractivity contribution >= 4 is 16.8 Å².